The van der Waals surface area contributed by atoms with E-state index >= 15 is 0 Å². The van der Waals surface area contributed by atoms with Crippen molar-refractivity contribution in [1.82, 2.24) is 4.98 Å². The third kappa shape index (κ3) is 1.58. The van der Waals surface area contributed by atoms with E-state index in [2.05, 4.69) is 4.98 Å². The molecule has 1 heterocycles. The highest BCUT2D eigenvalue weighted by molar-refractivity contribution is 5.82. The summed E-state index contributed by atoms with van der Waals surface area (Å²) in [6, 6.07) is 5.82. The highest BCUT2D eigenvalue weighted by atomic mass is 16.5. The van der Waals surface area contributed by atoms with Crippen molar-refractivity contribution >= 4 is 10.9 Å². The van der Waals surface area contributed by atoms with E-state index in [-0.39, 0.29) is 5.43 Å². The molecule has 1 aliphatic carbocycles. The van der Waals surface area contributed by atoms with Crippen LogP contribution in [0, 0.1) is 0 Å². The van der Waals surface area contributed by atoms with Crippen molar-refractivity contribution in [3.63, 3.8) is 0 Å². The quantitative estimate of drug-likeness (QED) is 0.857. The van der Waals surface area contributed by atoms with Gasteiger partial charge in [0.25, 0.3) is 0 Å². The van der Waals surface area contributed by atoms with Gasteiger partial charge in [0.15, 0.2) is 5.43 Å². The molecule has 1 N–H and O–H groups in total. The van der Waals surface area contributed by atoms with Gasteiger partial charge in [-0.25, -0.2) is 0 Å². The van der Waals surface area contributed by atoms with Gasteiger partial charge < -0.3 is 9.72 Å². The minimum atomic E-state index is 0.198. The standard InChI is InChI=1S/C14H15NO2/c1-17-8-9-4-2-6-11-13(9)15-12-7-3-5-10(12)14(11)16/h2,4,6H,3,5,7-8H2,1H3,(H,15,16). The van der Waals surface area contributed by atoms with Crippen molar-refractivity contribution < 1.29 is 4.74 Å². The van der Waals surface area contributed by atoms with Gasteiger partial charge in [-0.2, -0.15) is 0 Å². The molecule has 17 heavy (non-hydrogen) atoms. The smallest absolute Gasteiger partial charge is 0.192 e. The van der Waals surface area contributed by atoms with Crippen LogP contribution in [-0.2, 0) is 24.2 Å². The van der Waals surface area contributed by atoms with E-state index in [1.807, 2.05) is 18.2 Å². The molecule has 2 aromatic rings. The first-order valence-corrected chi connectivity index (χ1v) is 5.96. The Balaban J connectivity index is 2.35. The molecule has 1 aliphatic rings. The van der Waals surface area contributed by atoms with Crippen molar-refractivity contribution in [3.8, 4) is 0 Å². The van der Waals surface area contributed by atoms with E-state index in [1.165, 1.54) is 0 Å². The van der Waals surface area contributed by atoms with Gasteiger partial charge in [-0.15, -0.1) is 0 Å². The number of para-hydroxylation sites is 1. The lowest BCUT2D eigenvalue weighted by molar-refractivity contribution is 0.186. The van der Waals surface area contributed by atoms with Crippen LogP contribution in [0.2, 0.25) is 0 Å². The summed E-state index contributed by atoms with van der Waals surface area (Å²) >= 11 is 0. The number of methoxy groups -OCH3 is 1. The third-order valence-electron chi connectivity index (χ3n) is 3.46. The molecule has 0 saturated heterocycles. The fraction of sp³-hybridized carbons (Fsp3) is 0.357. The number of nitrogens with one attached hydrogen (secondary N) is 1. The van der Waals surface area contributed by atoms with Gasteiger partial charge in [-0.05, 0) is 25.3 Å². The van der Waals surface area contributed by atoms with Gasteiger partial charge >= 0.3 is 0 Å². The highest BCUT2D eigenvalue weighted by Crippen LogP contribution is 2.22. The Bertz CT molecular complexity index is 628. The predicted molar refractivity (Wildman–Crippen MR) is 67.3 cm³/mol. The Morgan fingerprint density at radius 2 is 2.24 bits per heavy atom. The fourth-order valence-corrected chi connectivity index (χ4v) is 2.66. The zero-order chi connectivity index (χ0) is 11.8. The summed E-state index contributed by atoms with van der Waals surface area (Å²) in [5, 5.41) is 0.792. The van der Waals surface area contributed by atoms with E-state index < -0.39 is 0 Å². The van der Waals surface area contributed by atoms with Crippen LogP contribution in [-0.4, -0.2) is 12.1 Å². The Morgan fingerprint density at radius 3 is 3.06 bits per heavy atom. The number of benzene rings is 1. The van der Waals surface area contributed by atoms with Gasteiger partial charge in [-0.3, -0.25) is 4.79 Å². The van der Waals surface area contributed by atoms with Crippen molar-refractivity contribution in [1.29, 1.82) is 0 Å². The second-order valence-electron chi connectivity index (χ2n) is 4.54. The SMILES string of the molecule is COCc1cccc2c(=O)c3c([nH]c12)CCC3. The maximum absolute atomic E-state index is 12.3. The lowest BCUT2D eigenvalue weighted by atomic mass is 10.1. The van der Waals surface area contributed by atoms with Crippen molar-refractivity contribution in [2.45, 2.75) is 25.9 Å². The first kappa shape index (κ1) is 10.5. The van der Waals surface area contributed by atoms with Crippen LogP contribution in [0.25, 0.3) is 10.9 Å². The molecule has 0 spiro atoms. The molecule has 0 unspecified atom stereocenters. The summed E-state index contributed by atoms with van der Waals surface area (Å²) < 4.78 is 5.17. The number of fused-ring (bicyclic) bond motifs is 2. The van der Waals surface area contributed by atoms with Gasteiger partial charge in [0.1, 0.15) is 0 Å². The van der Waals surface area contributed by atoms with Crippen LogP contribution in [0.15, 0.2) is 23.0 Å². The number of ether oxygens (including phenoxy) is 1. The van der Waals surface area contributed by atoms with Crippen molar-refractivity contribution in [3.05, 3.63) is 45.2 Å². The molecule has 1 aromatic heterocycles. The van der Waals surface area contributed by atoms with Gasteiger partial charge in [0.05, 0.1) is 12.1 Å². The molecule has 0 atom stereocenters. The highest BCUT2D eigenvalue weighted by Gasteiger charge is 2.17. The van der Waals surface area contributed by atoms with E-state index in [0.717, 1.165) is 47.0 Å². The lowest BCUT2D eigenvalue weighted by Gasteiger charge is -2.08. The number of hydrogen-bond donors (Lipinski definition) is 1. The maximum atomic E-state index is 12.3. The topological polar surface area (TPSA) is 42.1 Å². The molecule has 1 aromatic carbocycles. The second-order valence-corrected chi connectivity index (χ2v) is 4.54. The summed E-state index contributed by atoms with van der Waals surface area (Å²) in [6.07, 6.45) is 2.98. The van der Waals surface area contributed by atoms with E-state index in [9.17, 15) is 4.79 Å². The van der Waals surface area contributed by atoms with Crippen molar-refractivity contribution in [2.24, 2.45) is 0 Å². The number of H-pyrrole nitrogens is 1. The number of rotatable bonds is 2. The molecular formula is C14H15NO2. The average molecular weight is 229 g/mol. The van der Waals surface area contributed by atoms with Gasteiger partial charge in [-0.1, -0.05) is 12.1 Å². The predicted octanol–water partition coefficient (Wildman–Crippen LogP) is 2.16. The summed E-state index contributed by atoms with van der Waals surface area (Å²) in [5.74, 6) is 0. The van der Waals surface area contributed by atoms with Crippen LogP contribution in [0.5, 0.6) is 0 Å². The molecule has 3 rings (SSSR count). The number of aromatic nitrogens is 1. The second kappa shape index (κ2) is 4.00. The summed E-state index contributed by atoms with van der Waals surface area (Å²) in [7, 11) is 1.67. The monoisotopic (exact) mass is 229 g/mol. The van der Waals surface area contributed by atoms with Crippen LogP contribution in [0.4, 0.5) is 0 Å². The molecule has 0 bridgehead atoms. The first-order chi connectivity index (χ1) is 8.31. The number of aryl methyl sites for hydroxylation is 1. The van der Waals surface area contributed by atoms with Crippen LogP contribution in [0.3, 0.4) is 0 Å². The molecule has 0 radical (unpaired) electrons. The minimum absolute atomic E-state index is 0.198. The molecule has 0 aliphatic heterocycles. The minimum Gasteiger partial charge on any atom is -0.380 e. The van der Waals surface area contributed by atoms with Crippen LogP contribution in [0.1, 0.15) is 23.2 Å². The lowest BCUT2D eigenvalue weighted by Crippen LogP contribution is -2.11. The first-order valence-electron chi connectivity index (χ1n) is 5.96. The zero-order valence-corrected chi connectivity index (χ0v) is 9.88. The van der Waals surface area contributed by atoms with Crippen molar-refractivity contribution in [2.75, 3.05) is 7.11 Å². The molecule has 3 nitrogen and oxygen atoms in total. The Kier molecular flexibility index (Phi) is 2.48. The summed E-state index contributed by atoms with van der Waals surface area (Å²) in [4.78, 5) is 15.7. The van der Waals surface area contributed by atoms with Gasteiger partial charge in [0, 0.05) is 29.3 Å². The Hall–Kier alpha value is -1.61. The maximum Gasteiger partial charge on any atom is 0.192 e. The molecule has 0 amide bonds. The normalized spacial score (nSPS) is 14.2. The van der Waals surface area contributed by atoms with E-state index in [0.29, 0.717) is 6.61 Å². The molecule has 88 valence electrons. The molecular weight excluding hydrogens is 214 g/mol. The summed E-state index contributed by atoms with van der Waals surface area (Å²) in [6.45, 7) is 0.534. The number of aromatic amines is 1. The number of hydrogen-bond acceptors (Lipinski definition) is 2. The van der Waals surface area contributed by atoms with E-state index in [1.54, 1.807) is 7.11 Å². The zero-order valence-electron chi connectivity index (χ0n) is 9.88. The molecule has 0 fully saturated rings. The Morgan fingerprint density at radius 1 is 1.35 bits per heavy atom. The Labute approximate surface area is 99.4 Å². The average Bonchev–Trinajstić information content (AvgIpc) is 2.79. The third-order valence-corrected chi connectivity index (χ3v) is 3.46. The van der Waals surface area contributed by atoms with Crippen LogP contribution < -0.4 is 5.43 Å². The fourth-order valence-electron chi connectivity index (χ4n) is 2.66. The number of pyridine rings is 1. The van der Waals surface area contributed by atoms with Gasteiger partial charge in [0.2, 0.25) is 0 Å². The van der Waals surface area contributed by atoms with Crippen LogP contribution >= 0.6 is 0 Å². The largest absolute Gasteiger partial charge is 0.380 e. The molecule has 0 saturated carbocycles. The van der Waals surface area contributed by atoms with E-state index in [4.69, 9.17) is 4.74 Å². The summed E-state index contributed by atoms with van der Waals surface area (Å²) in [5.41, 5.74) is 4.29. The molecule has 3 heteroatoms.